The number of rotatable bonds is 4. The quantitative estimate of drug-likeness (QED) is 0.343. The molecule has 0 N–H and O–H groups in total. The minimum Gasteiger partial charge on any atom is -0.494 e. The van der Waals surface area contributed by atoms with Crippen LogP contribution in [-0.2, 0) is 4.74 Å². The first kappa shape index (κ1) is 20.8. The van der Waals surface area contributed by atoms with E-state index in [0.29, 0.717) is 22.7 Å². The summed E-state index contributed by atoms with van der Waals surface area (Å²) in [7, 11) is 2.86. The molecule has 4 rings (SSSR count). The average molecular weight is 420 g/mol. The molecule has 0 aliphatic rings. The molecule has 32 heavy (non-hydrogen) atoms. The fourth-order valence-corrected chi connectivity index (χ4v) is 3.25. The second kappa shape index (κ2) is 9.59. The predicted octanol–water partition coefficient (Wildman–Crippen LogP) is 5.01. The third kappa shape index (κ3) is 4.50. The van der Waals surface area contributed by atoms with E-state index in [4.69, 9.17) is 14.5 Å². The third-order valence-corrected chi connectivity index (χ3v) is 4.82. The molecule has 5 nitrogen and oxygen atoms in total. The Labute approximate surface area is 186 Å². The molecular weight excluding hydrogens is 400 g/mol. The minimum atomic E-state index is -0.485. The van der Waals surface area contributed by atoms with E-state index in [9.17, 15) is 4.79 Å². The van der Waals surface area contributed by atoms with Crippen LogP contribution in [0.1, 0.15) is 21.5 Å². The largest absolute Gasteiger partial charge is 0.494 e. The van der Waals surface area contributed by atoms with Gasteiger partial charge in [-0.05, 0) is 30.3 Å². The maximum absolute atomic E-state index is 12.5. The van der Waals surface area contributed by atoms with Crippen LogP contribution in [0.15, 0.2) is 85.2 Å². The summed E-state index contributed by atoms with van der Waals surface area (Å²) in [4.78, 5) is 21.4. The highest BCUT2D eigenvalue weighted by atomic mass is 16.5. The number of esters is 1. The Morgan fingerprint density at radius 3 is 2.25 bits per heavy atom. The van der Waals surface area contributed by atoms with E-state index >= 15 is 0 Å². The summed E-state index contributed by atoms with van der Waals surface area (Å²) >= 11 is 0. The van der Waals surface area contributed by atoms with E-state index in [1.165, 1.54) is 14.2 Å². The predicted molar refractivity (Wildman–Crippen MR) is 123 cm³/mol. The summed E-state index contributed by atoms with van der Waals surface area (Å²) in [5, 5.41) is 0. The number of nitrogens with zero attached hydrogens (tertiary/aromatic N) is 2. The van der Waals surface area contributed by atoms with Gasteiger partial charge in [0.2, 0.25) is 0 Å². The first-order valence-corrected chi connectivity index (χ1v) is 9.95. The van der Waals surface area contributed by atoms with Crippen LogP contribution in [-0.4, -0.2) is 30.2 Å². The van der Waals surface area contributed by atoms with Gasteiger partial charge in [0, 0.05) is 34.6 Å². The molecule has 0 radical (unpaired) electrons. The van der Waals surface area contributed by atoms with Crippen LogP contribution < -0.4 is 4.74 Å². The van der Waals surface area contributed by atoms with Gasteiger partial charge in [0.15, 0.2) is 5.75 Å². The van der Waals surface area contributed by atoms with Crippen molar-refractivity contribution in [3.63, 3.8) is 0 Å². The van der Waals surface area contributed by atoms with Crippen LogP contribution in [0.4, 0.5) is 0 Å². The van der Waals surface area contributed by atoms with Crippen molar-refractivity contribution in [2.45, 2.75) is 0 Å². The minimum absolute atomic E-state index is 0.319. The van der Waals surface area contributed by atoms with Gasteiger partial charge >= 0.3 is 5.97 Å². The number of methoxy groups -OCH3 is 2. The van der Waals surface area contributed by atoms with Crippen LogP contribution in [0, 0.1) is 11.8 Å². The van der Waals surface area contributed by atoms with Gasteiger partial charge in [-0.25, -0.2) is 9.78 Å². The van der Waals surface area contributed by atoms with Gasteiger partial charge in [-0.2, -0.15) is 0 Å². The van der Waals surface area contributed by atoms with Gasteiger partial charge < -0.3 is 9.47 Å². The zero-order valence-corrected chi connectivity index (χ0v) is 17.7. The fraction of sp³-hybridized carbons (Fsp3) is 0.0741. The summed E-state index contributed by atoms with van der Waals surface area (Å²) in [6, 6.07) is 22.8. The van der Waals surface area contributed by atoms with Gasteiger partial charge in [-0.1, -0.05) is 54.3 Å². The molecule has 0 aliphatic heterocycles. The van der Waals surface area contributed by atoms with E-state index in [0.717, 1.165) is 22.3 Å². The Hall–Kier alpha value is -4.43. The number of carbonyl (C=O) groups is 1. The van der Waals surface area contributed by atoms with Crippen molar-refractivity contribution in [3.8, 4) is 40.1 Å². The summed E-state index contributed by atoms with van der Waals surface area (Å²) < 4.78 is 10.6. The topological polar surface area (TPSA) is 61.3 Å². The van der Waals surface area contributed by atoms with Gasteiger partial charge in [0.25, 0.3) is 0 Å². The summed E-state index contributed by atoms with van der Waals surface area (Å²) in [5.74, 6) is 6.10. The van der Waals surface area contributed by atoms with Crippen LogP contribution in [0.2, 0.25) is 0 Å². The molecule has 2 aromatic heterocycles. The van der Waals surface area contributed by atoms with Crippen LogP contribution in [0.3, 0.4) is 0 Å². The highest BCUT2D eigenvalue weighted by molar-refractivity contribution is 5.96. The fourth-order valence-electron chi connectivity index (χ4n) is 3.25. The van der Waals surface area contributed by atoms with Gasteiger partial charge in [-0.3, -0.25) is 4.98 Å². The van der Waals surface area contributed by atoms with Crippen LogP contribution in [0.5, 0.6) is 5.75 Å². The normalized spacial score (nSPS) is 10.1. The van der Waals surface area contributed by atoms with Crippen molar-refractivity contribution in [2.75, 3.05) is 14.2 Å². The van der Waals surface area contributed by atoms with E-state index in [1.807, 2.05) is 66.7 Å². The molecule has 0 saturated carbocycles. The lowest BCUT2D eigenvalue weighted by Gasteiger charge is -2.14. The molecule has 0 atom stereocenters. The van der Waals surface area contributed by atoms with Gasteiger partial charge in [-0.15, -0.1) is 0 Å². The Bertz CT molecular complexity index is 1290. The van der Waals surface area contributed by atoms with Crippen molar-refractivity contribution in [2.24, 2.45) is 0 Å². The van der Waals surface area contributed by atoms with Gasteiger partial charge in [0.05, 0.1) is 19.9 Å². The van der Waals surface area contributed by atoms with Crippen molar-refractivity contribution in [1.29, 1.82) is 0 Å². The lowest BCUT2D eigenvalue weighted by Crippen LogP contribution is -2.07. The average Bonchev–Trinajstić information content (AvgIpc) is 2.87. The first-order valence-electron chi connectivity index (χ1n) is 9.95. The summed E-state index contributed by atoms with van der Waals surface area (Å²) in [5.41, 5.74) is 4.92. The molecule has 0 fully saturated rings. The number of pyridine rings is 2. The molecule has 156 valence electrons. The van der Waals surface area contributed by atoms with Crippen molar-refractivity contribution in [1.82, 2.24) is 9.97 Å². The van der Waals surface area contributed by atoms with Crippen LogP contribution >= 0.6 is 0 Å². The monoisotopic (exact) mass is 420 g/mol. The van der Waals surface area contributed by atoms with E-state index in [-0.39, 0.29) is 0 Å². The number of hydrogen-bond donors (Lipinski definition) is 0. The highest BCUT2D eigenvalue weighted by Gasteiger charge is 2.21. The summed E-state index contributed by atoms with van der Waals surface area (Å²) in [6.07, 6.45) is 3.44. The molecule has 2 heterocycles. The van der Waals surface area contributed by atoms with Gasteiger partial charge in [0.1, 0.15) is 11.3 Å². The standard InChI is InChI=1S/C27H20N2O3/c1-31-26-23(27(30)32-2)17-24(21-8-4-3-5-9-21)29-25(26)22-14-12-19(13-15-22)10-11-20-7-6-16-28-18-20/h3-9,12-18H,1-2H3. The zero-order valence-electron chi connectivity index (χ0n) is 17.7. The summed E-state index contributed by atoms with van der Waals surface area (Å²) in [6.45, 7) is 0. The number of ether oxygens (including phenoxy) is 2. The Kier molecular flexibility index (Phi) is 6.24. The molecule has 0 aliphatic carbocycles. The second-order valence-corrected chi connectivity index (χ2v) is 6.86. The smallest absolute Gasteiger partial charge is 0.341 e. The first-order chi connectivity index (χ1) is 15.7. The maximum Gasteiger partial charge on any atom is 0.341 e. The third-order valence-electron chi connectivity index (χ3n) is 4.82. The number of carbonyl (C=O) groups excluding carboxylic acids is 1. The van der Waals surface area contributed by atoms with Crippen molar-refractivity contribution >= 4 is 5.97 Å². The van der Waals surface area contributed by atoms with Crippen molar-refractivity contribution in [3.05, 3.63) is 102 Å². The lowest BCUT2D eigenvalue weighted by atomic mass is 10.0. The van der Waals surface area contributed by atoms with E-state index in [2.05, 4.69) is 16.8 Å². The zero-order chi connectivity index (χ0) is 22.3. The SMILES string of the molecule is COC(=O)c1cc(-c2ccccc2)nc(-c2ccc(C#Cc3cccnc3)cc2)c1OC. The Balaban J connectivity index is 1.78. The van der Waals surface area contributed by atoms with Crippen LogP contribution in [0.25, 0.3) is 22.5 Å². The number of hydrogen-bond acceptors (Lipinski definition) is 5. The Morgan fingerprint density at radius 1 is 0.844 bits per heavy atom. The molecule has 2 aromatic carbocycles. The number of benzene rings is 2. The van der Waals surface area contributed by atoms with Crippen molar-refractivity contribution < 1.29 is 14.3 Å². The molecular formula is C27H20N2O3. The molecule has 4 aromatic rings. The van der Waals surface area contributed by atoms with E-state index in [1.54, 1.807) is 18.5 Å². The molecule has 0 spiro atoms. The maximum atomic E-state index is 12.5. The lowest BCUT2D eigenvalue weighted by molar-refractivity contribution is 0.0597. The molecule has 5 heteroatoms. The van der Waals surface area contributed by atoms with E-state index < -0.39 is 5.97 Å². The molecule has 0 saturated heterocycles. The molecule has 0 amide bonds. The number of aromatic nitrogens is 2. The highest BCUT2D eigenvalue weighted by Crippen LogP contribution is 2.35. The molecule has 0 unspecified atom stereocenters. The molecule has 0 bridgehead atoms. The second-order valence-electron chi connectivity index (χ2n) is 6.86. The Morgan fingerprint density at radius 2 is 1.59 bits per heavy atom.